The number of nitrogens with one attached hydrogen (secondary N) is 1. The number of methoxy groups -OCH3 is 1. The quantitative estimate of drug-likeness (QED) is 0.729. The number of carbonyl (C=O) groups is 2. The Morgan fingerprint density at radius 2 is 2.20 bits per heavy atom. The molecule has 112 valence electrons. The molecule has 1 atom stereocenters. The van der Waals surface area contributed by atoms with Gasteiger partial charge in [-0.1, -0.05) is 6.92 Å². The minimum Gasteiger partial charge on any atom is -0.468 e. The molecule has 0 spiro atoms. The summed E-state index contributed by atoms with van der Waals surface area (Å²) in [7, 11) is 1.34. The number of ether oxygens (including phenoxy) is 1. The van der Waals surface area contributed by atoms with Gasteiger partial charge in [-0.25, -0.2) is 0 Å². The van der Waals surface area contributed by atoms with Crippen LogP contribution < -0.4 is 5.32 Å². The standard InChI is InChI=1S/C14H22N2O4/c1-4-7-16(10-14(18)19-3)9-13(17)15-11(2)12-6-5-8-20-12/h5-6,8,11H,4,7,9-10H2,1-3H3,(H,15,17). The van der Waals surface area contributed by atoms with Gasteiger partial charge in [0.25, 0.3) is 0 Å². The Balaban J connectivity index is 2.46. The second kappa shape index (κ2) is 8.37. The van der Waals surface area contributed by atoms with Crippen LogP contribution in [-0.4, -0.2) is 43.5 Å². The number of amides is 1. The molecule has 1 N–H and O–H groups in total. The molecular formula is C14H22N2O4. The molecule has 1 heterocycles. The maximum absolute atomic E-state index is 12.0. The van der Waals surface area contributed by atoms with Gasteiger partial charge in [0.1, 0.15) is 5.76 Å². The van der Waals surface area contributed by atoms with Crippen LogP contribution in [0.15, 0.2) is 22.8 Å². The molecule has 0 aliphatic carbocycles. The maximum atomic E-state index is 12.0. The summed E-state index contributed by atoms with van der Waals surface area (Å²) in [5, 5.41) is 2.84. The van der Waals surface area contributed by atoms with E-state index in [-0.39, 0.29) is 31.0 Å². The molecule has 20 heavy (non-hydrogen) atoms. The van der Waals surface area contributed by atoms with Crippen LogP contribution >= 0.6 is 0 Å². The smallest absolute Gasteiger partial charge is 0.319 e. The van der Waals surface area contributed by atoms with E-state index >= 15 is 0 Å². The Hall–Kier alpha value is -1.82. The van der Waals surface area contributed by atoms with E-state index < -0.39 is 0 Å². The molecule has 0 saturated carbocycles. The highest BCUT2D eigenvalue weighted by atomic mass is 16.5. The van der Waals surface area contributed by atoms with Crippen LogP contribution in [0.2, 0.25) is 0 Å². The number of carbonyl (C=O) groups excluding carboxylic acids is 2. The third-order valence-corrected chi connectivity index (χ3v) is 2.83. The number of rotatable bonds is 8. The largest absolute Gasteiger partial charge is 0.468 e. The number of hydrogen-bond donors (Lipinski definition) is 1. The molecule has 1 aromatic heterocycles. The van der Waals surface area contributed by atoms with Gasteiger partial charge in [0.2, 0.25) is 5.91 Å². The summed E-state index contributed by atoms with van der Waals surface area (Å²) >= 11 is 0. The Labute approximate surface area is 119 Å². The molecule has 1 amide bonds. The van der Waals surface area contributed by atoms with Gasteiger partial charge in [0, 0.05) is 0 Å². The van der Waals surface area contributed by atoms with Gasteiger partial charge in [-0.3, -0.25) is 14.5 Å². The van der Waals surface area contributed by atoms with Crippen molar-refractivity contribution in [1.82, 2.24) is 10.2 Å². The first-order chi connectivity index (χ1) is 9.56. The first-order valence-electron chi connectivity index (χ1n) is 6.68. The molecule has 6 heteroatoms. The zero-order valence-corrected chi connectivity index (χ0v) is 12.2. The second-order valence-corrected chi connectivity index (χ2v) is 4.59. The van der Waals surface area contributed by atoms with Crippen molar-refractivity contribution in [1.29, 1.82) is 0 Å². The maximum Gasteiger partial charge on any atom is 0.319 e. The summed E-state index contributed by atoms with van der Waals surface area (Å²) in [6.07, 6.45) is 2.43. The summed E-state index contributed by atoms with van der Waals surface area (Å²) in [5.74, 6) is 0.213. The van der Waals surface area contributed by atoms with Crippen LogP contribution in [0.5, 0.6) is 0 Å². The van der Waals surface area contributed by atoms with Gasteiger partial charge in [-0.2, -0.15) is 0 Å². The summed E-state index contributed by atoms with van der Waals surface area (Å²) in [4.78, 5) is 25.0. The molecule has 0 aliphatic heterocycles. The van der Waals surface area contributed by atoms with E-state index in [0.29, 0.717) is 12.3 Å². The zero-order chi connectivity index (χ0) is 15.0. The van der Waals surface area contributed by atoms with E-state index in [4.69, 9.17) is 4.42 Å². The van der Waals surface area contributed by atoms with Crippen molar-refractivity contribution in [3.05, 3.63) is 24.2 Å². The Morgan fingerprint density at radius 1 is 1.45 bits per heavy atom. The highest BCUT2D eigenvalue weighted by Crippen LogP contribution is 2.11. The molecule has 0 fully saturated rings. The zero-order valence-electron chi connectivity index (χ0n) is 12.2. The lowest BCUT2D eigenvalue weighted by Crippen LogP contribution is -2.41. The molecule has 0 aliphatic rings. The van der Waals surface area contributed by atoms with Crippen molar-refractivity contribution in [2.45, 2.75) is 26.3 Å². The Morgan fingerprint density at radius 3 is 2.75 bits per heavy atom. The summed E-state index contributed by atoms with van der Waals surface area (Å²) < 4.78 is 9.85. The lowest BCUT2D eigenvalue weighted by Gasteiger charge is -2.20. The highest BCUT2D eigenvalue weighted by Gasteiger charge is 2.17. The van der Waals surface area contributed by atoms with Crippen molar-refractivity contribution >= 4 is 11.9 Å². The van der Waals surface area contributed by atoms with E-state index in [1.165, 1.54) is 7.11 Å². The van der Waals surface area contributed by atoms with Gasteiger partial charge in [0.15, 0.2) is 0 Å². The van der Waals surface area contributed by atoms with Crippen molar-refractivity contribution in [2.75, 3.05) is 26.7 Å². The molecule has 0 aromatic carbocycles. The molecular weight excluding hydrogens is 260 g/mol. The van der Waals surface area contributed by atoms with Gasteiger partial charge in [0.05, 0.1) is 32.5 Å². The minimum absolute atomic E-state index is 0.118. The highest BCUT2D eigenvalue weighted by molar-refractivity contribution is 5.79. The van der Waals surface area contributed by atoms with Crippen molar-refractivity contribution < 1.29 is 18.7 Å². The minimum atomic E-state index is -0.342. The van der Waals surface area contributed by atoms with E-state index in [1.807, 2.05) is 19.9 Å². The van der Waals surface area contributed by atoms with E-state index in [9.17, 15) is 9.59 Å². The monoisotopic (exact) mass is 282 g/mol. The third-order valence-electron chi connectivity index (χ3n) is 2.83. The van der Waals surface area contributed by atoms with Crippen LogP contribution in [0, 0.1) is 0 Å². The average Bonchev–Trinajstić information content (AvgIpc) is 2.92. The van der Waals surface area contributed by atoms with Crippen LogP contribution in [0.4, 0.5) is 0 Å². The predicted molar refractivity (Wildman–Crippen MR) is 74.0 cm³/mol. The molecule has 1 aromatic rings. The molecule has 0 radical (unpaired) electrons. The molecule has 0 saturated heterocycles. The van der Waals surface area contributed by atoms with Crippen molar-refractivity contribution in [2.24, 2.45) is 0 Å². The van der Waals surface area contributed by atoms with E-state index in [1.54, 1.807) is 17.2 Å². The van der Waals surface area contributed by atoms with E-state index in [0.717, 1.165) is 6.42 Å². The summed E-state index contributed by atoms with van der Waals surface area (Å²) in [6.45, 7) is 4.79. The lowest BCUT2D eigenvalue weighted by molar-refractivity contribution is -0.142. The molecule has 6 nitrogen and oxygen atoms in total. The first kappa shape index (κ1) is 16.2. The third kappa shape index (κ3) is 5.44. The van der Waals surface area contributed by atoms with Crippen LogP contribution in [0.25, 0.3) is 0 Å². The second-order valence-electron chi connectivity index (χ2n) is 4.59. The Kier molecular flexibility index (Phi) is 6.79. The number of nitrogens with zero attached hydrogens (tertiary/aromatic N) is 1. The fourth-order valence-corrected chi connectivity index (χ4v) is 1.88. The van der Waals surface area contributed by atoms with Crippen molar-refractivity contribution in [3.8, 4) is 0 Å². The fraction of sp³-hybridized carbons (Fsp3) is 0.571. The summed E-state index contributed by atoms with van der Waals surface area (Å²) in [5.41, 5.74) is 0. The topological polar surface area (TPSA) is 71.8 Å². The normalized spacial score (nSPS) is 12.2. The van der Waals surface area contributed by atoms with Gasteiger partial charge < -0.3 is 14.5 Å². The average molecular weight is 282 g/mol. The lowest BCUT2D eigenvalue weighted by atomic mass is 10.2. The Bertz CT molecular complexity index is 417. The molecule has 0 bridgehead atoms. The number of furan rings is 1. The van der Waals surface area contributed by atoms with Crippen LogP contribution in [0.3, 0.4) is 0 Å². The van der Waals surface area contributed by atoms with Crippen LogP contribution in [0.1, 0.15) is 32.1 Å². The van der Waals surface area contributed by atoms with Gasteiger partial charge in [-0.15, -0.1) is 0 Å². The van der Waals surface area contributed by atoms with Gasteiger partial charge in [-0.05, 0) is 32.0 Å². The molecule has 1 unspecified atom stereocenters. The number of esters is 1. The number of hydrogen-bond acceptors (Lipinski definition) is 5. The predicted octanol–water partition coefficient (Wildman–Crippen LogP) is 1.34. The SMILES string of the molecule is CCCN(CC(=O)NC(C)c1ccco1)CC(=O)OC. The first-order valence-corrected chi connectivity index (χ1v) is 6.68. The van der Waals surface area contributed by atoms with Crippen molar-refractivity contribution in [3.63, 3.8) is 0 Å². The molecule has 1 rings (SSSR count). The van der Waals surface area contributed by atoms with Gasteiger partial charge >= 0.3 is 5.97 Å². The summed E-state index contributed by atoms with van der Waals surface area (Å²) in [6, 6.07) is 3.39. The van der Waals surface area contributed by atoms with Crippen LogP contribution in [-0.2, 0) is 14.3 Å². The van der Waals surface area contributed by atoms with E-state index in [2.05, 4.69) is 10.1 Å². The fourth-order valence-electron chi connectivity index (χ4n) is 1.88.